The molecule has 0 aliphatic heterocycles. The van der Waals surface area contributed by atoms with Crippen molar-refractivity contribution in [3.63, 3.8) is 0 Å². The fraction of sp³-hybridized carbons (Fsp3) is 0.543. The Morgan fingerprint density at radius 2 is 1.12 bits per heavy atom. The van der Waals surface area contributed by atoms with Crippen LogP contribution in [0.5, 0.6) is 0 Å². The van der Waals surface area contributed by atoms with Crippen molar-refractivity contribution in [2.75, 3.05) is 0 Å². The number of rotatable bonds is 4. The van der Waals surface area contributed by atoms with Crippen LogP contribution in [0.3, 0.4) is 0 Å². The first-order valence-corrected chi connectivity index (χ1v) is 13.5. The van der Waals surface area contributed by atoms with E-state index < -0.39 is 0 Å². The van der Waals surface area contributed by atoms with Crippen molar-refractivity contribution in [3.05, 3.63) is 93.2 Å². The van der Waals surface area contributed by atoms with E-state index in [0.717, 1.165) is 12.8 Å². The molecule has 226 valence electrons. The SMILES string of the molecule is CC1=[C-]C(C)(C)C(C)=C1C.CC1=[C-]C(C)C(C)=C1C.CCCC1=[C-]CC=C1.CCCC1=[C-]CC=C1.[Cl-].[Cl-].[Cl-].[Cl-].[Zr+4].[Zr+4]. The second kappa shape index (κ2) is 28.3. The minimum absolute atomic E-state index is 0. The summed E-state index contributed by atoms with van der Waals surface area (Å²) in [6.45, 7) is 24.0. The predicted molar refractivity (Wildman–Crippen MR) is 155 cm³/mol. The van der Waals surface area contributed by atoms with E-state index in [2.05, 4.69) is 125 Å². The van der Waals surface area contributed by atoms with E-state index in [1.165, 1.54) is 70.3 Å². The fourth-order valence-corrected chi connectivity index (χ4v) is 4.35. The van der Waals surface area contributed by atoms with Crippen LogP contribution in [0.15, 0.2) is 68.9 Å². The maximum absolute atomic E-state index is 3.44. The van der Waals surface area contributed by atoms with Gasteiger partial charge in [-0.15, -0.1) is 26.7 Å². The second-order valence-electron chi connectivity index (χ2n) is 10.5. The third kappa shape index (κ3) is 19.8. The molecule has 0 bridgehead atoms. The quantitative estimate of drug-likeness (QED) is 0.315. The standard InChI is InChI=1S/C10H15.C9H13.2C8H11.4ClH.2Zr/c1-7-6-10(4,5)9(3)8(7)2;1-6-5-7(2)9(4)8(6)3;2*1-2-5-8-6-3-4-7-8;;;;;;/h1-5H3;6H,1-4H3;2*3,6H,2,4-5H2,1H3;4*1H;;/q4*-1;;;;;2*+4/p-4. The topological polar surface area (TPSA) is 0 Å². The Morgan fingerprint density at radius 1 is 0.707 bits per heavy atom. The molecule has 0 spiro atoms. The van der Waals surface area contributed by atoms with Gasteiger partial charge in [0.05, 0.1) is 0 Å². The van der Waals surface area contributed by atoms with Gasteiger partial charge in [-0.3, -0.25) is 24.3 Å². The molecule has 41 heavy (non-hydrogen) atoms. The van der Waals surface area contributed by atoms with Crippen LogP contribution in [0.2, 0.25) is 0 Å². The van der Waals surface area contributed by atoms with Gasteiger partial charge in [-0.1, -0.05) is 99.3 Å². The van der Waals surface area contributed by atoms with Gasteiger partial charge in [-0.2, -0.15) is 34.4 Å². The Balaban J connectivity index is -0.0000000953. The summed E-state index contributed by atoms with van der Waals surface area (Å²) in [5, 5.41) is 0. The summed E-state index contributed by atoms with van der Waals surface area (Å²) in [6, 6.07) is 0. The van der Waals surface area contributed by atoms with Gasteiger partial charge in [0.15, 0.2) is 0 Å². The molecule has 4 aliphatic rings. The Kier molecular flexibility index (Phi) is 37.5. The molecule has 0 aromatic rings. The molecule has 4 aliphatic carbocycles. The van der Waals surface area contributed by atoms with E-state index in [-0.39, 0.29) is 107 Å². The first-order chi connectivity index (χ1) is 16.4. The largest absolute Gasteiger partial charge is 4.00 e. The van der Waals surface area contributed by atoms with Crippen molar-refractivity contribution in [1.82, 2.24) is 0 Å². The van der Waals surface area contributed by atoms with Gasteiger partial charge < -0.3 is 49.6 Å². The van der Waals surface area contributed by atoms with Gasteiger partial charge in [0.25, 0.3) is 0 Å². The predicted octanol–water partition coefficient (Wildman–Crippen LogP) is -1.20. The van der Waals surface area contributed by atoms with Crippen LogP contribution < -0.4 is 49.6 Å². The summed E-state index contributed by atoms with van der Waals surface area (Å²) in [7, 11) is 0. The van der Waals surface area contributed by atoms with Crippen LogP contribution in [0.4, 0.5) is 0 Å². The van der Waals surface area contributed by atoms with Crippen molar-refractivity contribution < 1.29 is 102 Å². The molecule has 0 saturated heterocycles. The van der Waals surface area contributed by atoms with Crippen LogP contribution in [0.25, 0.3) is 0 Å². The fourth-order valence-electron chi connectivity index (χ4n) is 4.35. The van der Waals surface area contributed by atoms with Gasteiger partial charge >= 0.3 is 52.4 Å². The average Bonchev–Trinajstić information content (AvgIpc) is 3.58. The normalized spacial score (nSPS) is 18.3. The van der Waals surface area contributed by atoms with Gasteiger partial charge in [0.2, 0.25) is 0 Å². The van der Waals surface area contributed by atoms with Crippen molar-refractivity contribution in [2.24, 2.45) is 11.3 Å². The van der Waals surface area contributed by atoms with Gasteiger partial charge in [-0.05, 0) is 0 Å². The molecule has 0 amide bonds. The molecule has 0 fully saturated rings. The number of hydrogen-bond acceptors (Lipinski definition) is 0. The Labute approximate surface area is 318 Å². The van der Waals surface area contributed by atoms with E-state index >= 15 is 0 Å². The third-order valence-electron chi connectivity index (χ3n) is 7.37. The van der Waals surface area contributed by atoms with E-state index in [4.69, 9.17) is 0 Å². The molecular formula is C35H50Cl4Zr2. The minimum atomic E-state index is 0. The smallest absolute Gasteiger partial charge is 1.00 e. The molecule has 6 heteroatoms. The zero-order valence-electron chi connectivity index (χ0n) is 27.1. The average molecular weight is 795 g/mol. The monoisotopic (exact) mass is 790 g/mol. The van der Waals surface area contributed by atoms with Crippen molar-refractivity contribution in [1.29, 1.82) is 0 Å². The zero-order valence-corrected chi connectivity index (χ0v) is 35.1. The van der Waals surface area contributed by atoms with E-state index in [9.17, 15) is 0 Å². The summed E-state index contributed by atoms with van der Waals surface area (Å²) in [6.07, 6.45) is 28.9. The van der Waals surface area contributed by atoms with Crippen LogP contribution in [-0.4, -0.2) is 0 Å². The molecule has 0 radical (unpaired) electrons. The molecular weight excluding hydrogens is 745 g/mol. The first-order valence-electron chi connectivity index (χ1n) is 13.5. The molecule has 0 N–H and O–H groups in total. The molecule has 4 rings (SSSR count). The minimum Gasteiger partial charge on any atom is -1.00 e. The Morgan fingerprint density at radius 3 is 1.27 bits per heavy atom. The molecule has 0 nitrogen and oxygen atoms in total. The molecule has 1 atom stereocenters. The van der Waals surface area contributed by atoms with Crippen molar-refractivity contribution in [2.45, 2.75) is 115 Å². The number of hydrogen-bond donors (Lipinski definition) is 0. The molecule has 1 unspecified atom stereocenters. The Bertz CT molecular complexity index is 942. The molecule has 0 aromatic carbocycles. The number of halogens is 4. The maximum atomic E-state index is 3.44. The maximum Gasteiger partial charge on any atom is 4.00 e. The number of allylic oxidation sites excluding steroid dienone is 16. The van der Waals surface area contributed by atoms with Crippen molar-refractivity contribution in [3.8, 4) is 0 Å². The zero-order chi connectivity index (χ0) is 26.6. The van der Waals surface area contributed by atoms with Gasteiger partial charge in [0.1, 0.15) is 0 Å². The van der Waals surface area contributed by atoms with Crippen molar-refractivity contribution >= 4 is 0 Å². The van der Waals surface area contributed by atoms with E-state index in [1.807, 2.05) is 0 Å². The summed E-state index contributed by atoms with van der Waals surface area (Å²) in [4.78, 5) is 0. The van der Waals surface area contributed by atoms with Crippen LogP contribution >= 0.6 is 0 Å². The van der Waals surface area contributed by atoms with Gasteiger partial charge in [0, 0.05) is 0 Å². The summed E-state index contributed by atoms with van der Waals surface area (Å²) in [5.41, 5.74) is 11.4. The third-order valence-corrected chi connectivity index (χ3v) is 7.37. The van der Waals surface area contributed by atoms with E-state index in [1.54, 1.807) is 0 Å². The summed E-state index contributed by atoms with van der Waals surface area (Å²) < 4.78 is 0. The summed E-state index contributed by atoms with van der Waals surface area (Å²) >= 11 is 0. The van der Waals surface area contributed by atoms with Crippen LogP contribution in [0, 0.1) is 35.6 Å². The molecule has 0 saturated carbocycles. The van der Waals surface area contributed by atoms with Crippen LogP contribution in [0.1, 0.15) is 115 Å². The van der Waals surface area contributed by atoms with E-state index in [0.29, 0.717) is 5.92 Å². The first kappa shape index (κ1) is 54.3. The Hall–Kier alpha value is 0.846. The molecule has 0 heterocycles. The second-order valence-corrected chi connectivity index (χ2v) is 10.5. The van der Waals surface area contributed by atoms with Crippen LogP contribution in [-0.2, 0) is 52.4 Å². The summed E-state index contributed by atoms with van der Waals surface area (Å²) in [5.74, 6) is 0.560. The van der Waals surface area contributed by atoms with Gasteiger partial charge in [-0.25, -0.2) is 34.4 Å². The molecule has 0 aromatic heterocycles.